The van der Waals surface area contributed by atoms with E-state index >= 15 is 0 Å². The molecule has 0 aliphatic rings. The first-order valence-corrected chi connectivity index (χ1v) is 9.24. The maximum absolute atomic E-state index is 13.2. The van der Waals surface area contributed by atoms with E-state index < -0.39 is 0 Å². The van der Waals surface area contributed by atoms with Crippen molar-refractivity contribution in [3.8, 4) is 22.6 Å². The van der Waals surface area contributed by atoms with Gasteiger partial charge in [0.05, 0.1) is 18.2 Å². The van der Waals surface area contributed by atoms with E-state index in [0.29, 0.717) is 16.8 Å². The first kappa shape index (κ1) is 16.1. The SMILES string of the molecule is COc1ccccc1-n1cnc2scc(-c3ccc(Br)cc3)c2c1=O. The average molecular weight is 413 g/mol. The molecule has 0 unspecified atom stereocenters. The Labute approximate surface area is 156 Å². The van der Waals surface area contributed by atoms with Crippen molar-refractivity contribution in [1.82, 2.24) is 9.55 Å². The average Bonchev–Trinajstić information content (AvgIpc) is 3.08. The Kier molecular flexibility index (Phi) is 4.15. The molecule has 0 saturated carbocycles. The third-order valence-corrected chi connectivity index (χ3v) is 5.41. The van der Waals surface area contributed by atoms with Gasteiger partial charge in [0.25, 0.3) is 5.56 Å². The minimum atomic E-state index is -0.103. The fourth-order valence-electron chi connectivity index (χ4n) is 2.77. The van der Waals surface area contributed by atoms with Crippen molar-refractivity contribution < 1.29 is 4.74 Å². The summed E-state index contributed by atoms with van der Waals surface area (Å²) in [6.07, 6.45) is 1.56. The van der Waals surface area contributed by atoms with Crippen LogP contribution >= 0.6 is 27.3 Å². The van der Waals surface area contributed by atoms with E-state index in [2.05, 4.69) is 20.9 Å². The van der Waals surface area contributed by atoms with Crippen LogP contribution in [0.1, 0.15) is 0 Å². The Balaban J connectivity index is 1.98. The topological polar surface area (TPSA) is 44.1 Å². The summed E-state index contributed by atoms with van der Waals surface area (Å²) in [4.78, 5) is 18.4. The number of nitrogens with zero attached hydrogens (tertiary/aromatic N) is 2. The summed E-state index contributed by atoms with van der Waals surface area (Å²) in [5.41, 5.74) is 2.46. The summed E-state index contributed by atoms with van der Waals surface area (Å²) in [6.45, 7) is 0. The Bertz CT molecular complexity index is 1120. The zero-order valence-corrected chi connectivity index (χ0v) is 15.7. The van der Waals surface area contributed by atoms with E-state index in [9.17, 15) is 4.79 Å². The smallest absolute Gasteiger partial charge is 0.267 e. The number of halogens is 1. The Morgan fingerprint density at radius 3 is 2.64 bits per heavy atom. The van der Waals surface area contributed by atoms with Crippen LogP contribution in [0.5, 0.6) is 5.75 Å². The lowest BCUT2D eigenvalue weighted by Gasteiger charge is -2.10. The highest BCUT2D eigenvalue weighted by Gasteiger charge is 2.15. The van der Waals surface area contributed by atoms with Crippen molar-refractivity contribution in [1.29, 1.82) is 0 Å². The van der Waals surface area contributed by atoms with Gasteiger partial charge in [0, 0.05) is 15.4 Å². The molecule has 124 valence electrons. The van der Waals surface area contributed by atoms with Crippen molar-refractivity contribution in [2.24, 2.45) is 0 Å². The van der Waals surface area contributed by atoms with E-state index in [1.165, 1.54) is 15.9 Å². The fourth-order valence-corrected chi connectivity index (χ4v) is 3.95. The highest BCUT2D eigenvalue weighted by molar-refractivity contribution is 9.10. The molecule has 0 fully saturated rings. The molecule has 0 atom stereocenters. The van der Waals surface area contributed by atoms with Gasteiger partial charge >= 0.3 is 0 Å². The van der Waals surface area contributed by atoms with Crippen molar-refractivity contribution in [3.05, 3.63) is 75.1 Å². The van der Waals surface area contributed by atoms with E-state index in [1.54, 1.807) is 13.4 Å². The van der Waals surface area contributed by atoms with E-state index in [4.69, 9.17) is 4.74 Å². The molecule has 0 aliphatic heterocycles. The molecule has 25 heavy (non-hydrogen) atoms. The van der Waals surface area contributed by atoms with Crippen LogP contribution in [0.3, 0.4) is 0 Å². The zero-order chi connectivity index (χ0) is 17.4. The minimum Gasteiger partial charge on any atom is -0.495 e. The number of methoxy groups -OCH3 is 1. The molecular formula is C19H13BrN2O2S. The third kappa shape index (κ3) is 2.77. The predicted octanol–water partition coefficient (Wildman–Crippen LogP) is 4.89. The highest BCUT2D eigenvalue weighted by atomic mass is 79.9. The Morgan fingerprint density at radius 2 is 1.88 bits per heavy atom. The second-order valence-electron chi connectivity index (χ2n) is 5.43. The molecule has 2 aromatic carbocycles. The molecule has 0 bridgehead atoms. The molecule has 0 spiro atoms. The zero-order valence-electron chi connectivity index (χ0n) is 13.3. The number of benzene rings is 2. The standard InChI is InChI=1S/C19H13BrN2O2S/c1-24-16-5-3-2-4-15(16)22-11-21-18-17(19(22)23)14(10-25-18)12-6-8-13(20)9-7-12/h2-11H,1H3. The number of aromatic nitrogens is 2. The van der Waals surface area contributed by atoms with Crippen LogP contribution in [0.25, 0.3) is 27.0 Å². The summed E-state index contributed by atoms with van der Waals surface area (Å²) in [6, 6.07) is 15.3. The van der Waals surface area contributed by atoms with Gasteiger partial charge in [-0.25, -0.2) is 4.98 Å². The van der Waals surface area contributed by atoms with Gasteiger partial charge in [0.1, 0.15) is 16.9 Å². The van der Waals surface area contributed by atoms with Crippen LogP contribution < -0.4 is 10.3 Å². The predicted molar refractivity (Wildman–Crippen MR) is 105 cm³/mol. The molecule has 4 aromatic rings. The van der Waals surface area contributed by atoms with Crippen molar-refractivity contribution in [3.63, 3.8) is 0 Å². The molecule has 0 saturated heterocycles. The van der Waals surface area contributed by atoms with Gasteiger partial charge in [-0.3, -0.25) is 9.36 Å². The second kappa shape index (κ2) is 6.46. The van der Waals surface area contributed by atoms with Crippen LogP contribution in [0, 0.1) is 0 Å². The highest BCUT2D eigenvalue weighted by Crippen LogP contribution is 2.32. The lowest BCUT2D eigenvalue weighted by molar-refractivity contribution is 0.412. The summed E-state index contributed by atoms with van der Waals surface area (Å²) in [5, 5.41) is 2.61. The summed E-state index contributed by atoms with van der Waals surface area (Å²) in [5.74, 6) is 0.631. The van der Waals surface area contributed by atoms with Crippen LogP contribution in [0.2, 0.25) is 0 Å². The van der Waals surface area contributed by atoms with Gasteiger partial charge < -0.3 is 4.74 Å². The van der Waals surface area contributed by atoms with Gasteiger partial charge in [-0.1, -0.05) is 40.2 Å². The van der Waals surface area contributed by atoms with Gasteiger partial charge in [-0.2, -0.15) is 0 Å². The maximum Gasteiger partial charge on any atom is 0.267 e. The first-order chi connectivity index (χ1) is 12.2. The Hall–Kier alpha value is -2.44. The molecule has 2 aromatic heterocycles. The number of rotatable bonds is 3. The van der Waals surface area contributed by atoms with E-state index in [-0.39, 0.29) is 5.56 Å². The van der Waals surface area contributed by atoms with Crippen molar-refractivity contribution >= 4 is 37.5 Å². The summed E-state index contributed by atoms with van der Waals surface area (Å²) in [7, 11) is 1.59. The van der Waals surface area contributed by atoms with Crippen LogP contribution in [-0.2, 0) is 0 Å². The molecule has 0 radical (unpaired) electrons. The molecule has 6 heteroatoms. The number of thiophene rings is 1. The molecule has 0 N–H and O–H groups in total. The molecular weight excluding hydrogens is 400 g/mol. The van der Waals surface area contributed by atoms with Crippen molar-refractivity contribution in [2.75, 3.05) is 7.11 Å². The van der Waals surface area contributed by atoms with Crippen LogP contribution in [0.4, 0.5) is 0 Å². The van der Waals surface area contributed by atoms with Gasteiger partial charge in [0.15, 0.2) is 0 Å². The molecule has 2 heterocycles. The molecule has 4 nitrogen and oxygen atoms in total. The van der Waals surface area contributed by atoms with Crippen LogP contribution in [0.15, 0.2) is 69.5 Å². The maximum atomic E-state index is 13.2. The summed E-state index contributed by atoms with van der Waals surface area (Å²) >= 11 is 4.92. The normalized spacial score (nSPS) is 11.0. The number of fused-ring (bicyclic) bond motifs is 1. The quantitative estimate of drug-likeness (QED) is 0.481. The van der Waals surface area contributed by atoms with Crippen LogP contribution in [-0.4, -0.2) is 16.7 Å². The van der Waals surface area contributed by atoms with Gasteiger partial charge in [-0.05, 0) is 29.8 Å². The molecule has 0 amide bonds. The Morgan fingerprint density at radius 1 is 1.12 bits per heavy atom. The number of hydrogen-bond acceptors (Lipinski definition) is 4. The fraction of sp³-hybridized carbons (Fsp3) is 0.0526. The summed E-state index contributed by atoms with van der Waals surface area (Å²) < 4.78 is 7.92. The molecule has 4 rings (SSSR count). The number of para-hydroxylation sites is 2. The van der Waals surface area contributed by atoms with Gasteiger partial charge in [-0.15, -0.1) is 11.3 Å². The van der Waals surface area contributed by atoms with E-state index in [1.807, 2.05) is 53.9 Å². The lowest BCUT2D eigenvalue weighted by atomic mass is 10.1. The monoisotopic (exact) mass is 412 g/mol. The molecule has 0 aliphatic carbocycles. The van der Waals surface area contributed by atoms with E-state index in [0.717, 1.165) is 20.4 Å². The second-order valence-corrected chi connectivity index (χ2v) is 7.20. The van der Waals surface area contributed by atoms with Gasteiger partial charge in [0.2, 0.25) is 0 Å². The third-order valence-electron chi connectivity index (χ3n) is 3.99. The number of hydrogen-bond donors (Lipinski definition) is 0. The van der Waals surface area contributed by atoms with Crippen molar-refractivity contribution in [2.45, 2.75) is 0 Å². The largest absolute Gasteiger partial charge is 0.495 e. The number of ether oxygens (including phenoxy) is 1. The minimum absolute atomic E-state index is 0.103. The first-order valence-electron chi connectivity index (χ1n) is 7.57. The lowest BCUT2D eigenvalue weighted by Crippen LogP contribution is -2.19.